The lowest BCUT2D eigenvalue weighted by Crippen LogP contribution is -2.46. The number of benzene rings is 2. The second kappa shape index (κ2) is 11.5. The van der Waals surface area contributed by atoms with Crippen molar-refractivity contribution in [2.24, 2.45) is 0 Å². The summed E-state index contributed by atoms with van der Waals surface area (Å²) in [4.78, 5) is 31.8. The van der Waals surface area contributed by atoms with Gasteiger partial charge in [0.25, 0.3) is 5.91 Å². The first-order valence-corrected chi connectivity index (χ1v) is 12.9. The van der Waals surface area contributed by atoms with Crippen molar-refractivity contribution in [1.29, 1.82) is 0 Å². The topological polar surface area (TPSA) is 68.3 Å². The number of amides is 2. The molecule has 4 rings (SSSR count). The SMILES string of the molecule is CC[C@H](C)N(CC(=O)N(Cc1ccc2c(c1)OCO2)Cc1sccc1C)C(=O)c1ccc(OC)cc1. The summed E-state index contributed by atoms with van der Waals surface area (Å²) in [6.45, 7) is 7.11. The number of carbonyl (C=O) groups is 2. The van der Waals surface area contributed by atoms with Crippen molar-refractivity contribution in [1.82, 2.24) is 9.80 Å². The van der Waals surface area contributed by atoms with E-state index in [0.717, 1.165) is 22.4 Å². The van der Waals surface area contributed by atoms with Gasteiger partial charge in [-0.25, -0.2) is 0 Å². The fraction of sp³-hybridized carbons (Fsp3) is 0.357. The summed E-state index contributed by atoms with van der Waals surface area (Å²) in [5, 5.41) is 2.03. The Labute approximate surface area is 216 Å². The van der Waals surface area contributed by atoms with Gasteiger partial charge in [0, 0.05) is 23.0 Å². The maximum Gasteiger partial charge on any atom is 0.254 e. The van der Waals surface area contributed by atoms with Gasteiger partial charge in [-0.05, 0) is 79.2 Å². The van der Waals surface area contributed by atoms with Crippen molar-refractivity contribution in [3.8, 4) is 17.2 Å². The molecule has 2 amide bonds. The summed E-state index contributed by atoms with van der Waals surface area (Å²) in [5.41, 5.74) is 2.62. The van der Waals surface area contributed by atoms with Gasteiger partial charge in [0.15, 0.2) is 11.5 Å². The van der Waals surface area contributed by atoms with Crippen molar-refractivity contribution >= 4 is 23.2 Å². The molecule has 3 aromatic rings. The minimum atomic E-state index is -0.171. The number of methoxy groups -OCH3 is 1. The molecular formula is C28H32N2O5S. The van der Waals surface area contributed by atoms with Gasteiger partial charge in [0.05, 0.1) is 13.7 Å². The third kappa shape index (κ3) is 5.82. The summed E-state index contributed by atoms with van der Waals surface area (Å²) in [6, 6.07) is 14.7. The number of hydrogen-bond acceptors (Lipinski definition) is 6. The fourth-order valence-electron chi connectivity index (χ4n) is 4.02. The van der Waals surface area contributed by atoms with Crippen molar-refractivity contribution in [3.05, 3.63) is 75.5 Å². The van der Waals surface area contributed by atoms with E-state index in [9.17, 15) is 9.59 Å². The van der Waals surface area contributed by atoms with Crippen LogP contribution in [-0.4, -0.2) is 48.1 Å². The largest absolute Gasteiger partial charge is 0.497 e. The van der Waals surface area contributed by atoms with Gasteiger partial charge in [-0.15, -0.1) is 11.3 Å². The Hall–Kier alpha value is -3.52. The molecule has 0 aliphatic carbocycles. The third-order valence-electron chi connectivity index (χ3n) is 6.49. The number of thiophene rings is 1. The van der Waals surface area contributed by atoms with Gasteiger partial charge in [-0.2, -0.15) is 0 Å². The van der Waals surface area contributed by atoms with Crippen molar-refractivity contribution < 1.29 is 23.8 Å². The quantitative estimate of drug-likeness (QED) is 0.374. The number of aryl methyl sites for hydroxylation is 1. The molecule has 0 saturated carbocycles. The Bertz CT molecular complexity index is 1210. The van der Waals surface area contributed by atoms with E-state index in [1.807, 2.05) is 49.3 Å². The van der Waals surface area contributed by atoms with Crippen LogP contribution in [0, 0.1) is 6.92 Å². The molecule has 0 spiro atoms. The molecule has 0 bridgehead atoms. The molecule has 7 nitrogen and oxygen atoms in total. The number of fused-ring (bicyclic) bond motifs is 1. The van der Waals surface area contributed by atoms with E-state index < -0.39 is 0 Å². The molecule has 2 heterocycles. The zero-order valence-electron chi connectivity index (χ0n) is 21.2. The number of nitrogens with zero attached hydrogens (tertiary/aromatic N) is 2. The molecule has 0 fully saturated rings. The van der Waals surface area contributed by atoms with Crippen molar-refractivity contribution in [2.45, 2.75) is 46.3 Å². The molecule has 0 saturated heterocycles. The average Bonchev–Trinajstić information content (AvgIpc) is 3.54. The van der Waals surface area contributed by atoms with E-state index in [-0.39, 0.29) is 31.2 Å². The lowest BCUT2D eigenvalue weighted by atomic mass is 10.1. The Morgan fingerprint density at radius 2 is 1.81 bits per heavy atom. The second-order valence-corrected chi connectivity index (χ2v) is 9.88. The summed E-state index contributed by atoms with van der Waals surface area (Å²) < 4.78 is 16.2. The van der Waals surface area contributed by atoms with Crippen LogP contribution < -0.4 is 14.2 Å². The summed E-state index contributed by atoms with van der Waals surface area (Å²) >= 11 is 1.63. The maximum absolute atomic E-state index is 13.7. The predicted molar refractivity (Wildman–Crippen MR) is 140 cm³/mol. The van der Waals surface area contributed by atoms with E-state index >= 15 is 0 Å². The molecule has 1 aliphatic heterocycles. The van der Waals surface area contributed by atoms with E-state index in [4.69, 9.17) is 14.2 Å². The Morgan fingerprint density at radius 1 is 1.06 bits per heavy atom. The third-order valence-corrected chi connectivity index (χ3v) is 7.50. The Balaban J connectivity index is 1.57. The molecule has 0 radical (unpaired) electrons. The zero-order chi connectivity index (χ0) is 25.7. The summed E-state index contributed by atoms with van der Waals surface area (Å²) in [5.74, 6) is 1.79. The van der Waals surface area contributed by atoms with Crippen LogP contribution in [0.5, 0.6) is 17.2 Å². The number of carbonyl (C=O) groups excluding carboxylic acids is 2. The average molecular weight is 509 g/mol. The lowest BCUT2D eigenvalue weighted by Gasteiger charge is -2.31. The van der Waals surface area contributed by atoms with Gasteiger partial charge >= 0.3 is 0 Å². The highest BCUT2D eigenvalue weighted by Crippen LogP contribution is 2.33. The second-order valence-electron chi connectivity index (χ2n) is 8.88. The van der Waals surface area contributed by atoms with Crippen LogP contribution in [0.1, 0.15) is 46.6 Å². The highest BCUT2D eigenvalue weighted by atomic mass is 32.1. The number of rotatable bonds is 10. The molecular weight excluding hydrogens is 476 g/mol. The smallest absolute Gasteiger partial charge is 0.254 e. The van der Waals surface area contributed by atoms with E-state index in [1.165, 1.54) is 0 Å². The minimum Gasteiger partial charge on any atom is -0.497 e. The van der Waals surface area contributed by atoms with Crippen LogP contribution in [0.3, 0.4) is 0 Å². The van der Waals surface area contributed by atoms with Crippen LogP contribution in [0.4, 0.5) is 0 Å². The van der Waals surface area contributed by atoms with Crippen molar-refractivity contribution in [2.75, 3.05) is 20.4 Å². The number of ether oxygens (including phenoxy) is 3. The fourth-order valence-corrected chi connectivity index (χ4v) is 4.95. The Morgan fingerprint density at radius 3 is 2.47 bits per heavy atom. The maximum atomic E-state index is 13.7. The molecule has 8 heteroatoms. The van der Waals surface area contributed by atoms with Crippen LogP contribution in [0.2, 0.25) is 0 Å². The van der Waals surface area contributed by atoms with Gasteiger partial charge in [-0.3, -0.25) is 9.59 Å². The van der Waals surface area contributed by atoms with Crippen LogP contribution in [0.15, 0.2) is 53.9 Å². The van der Waals surface area contributed by atoms with Gasteiger partial charge in [-0.1, -0.05) is 13.0 Å². The standard InChI is InChI=1S/C28H32N2O5S/c1-5-20(3)30(28(32)22-7-9-23(33-4)10-8-22)17-27(31)29(16-26-19(2)12-13-36-26)15-21-6-11-24-25(14-21)35-18-34-24/h6-14,20H,5,15-18H2,1-4H3/t20-/m0/s1. The first-order valence-electron chi connectivity index (χ1n) is 12.0. The zero-order valence-corrected chi connectivity index (χ0v) is 22.0. The Kier molecular flexibility index (Phi) is 8.15. The predicted octanol–water partition coefficient (Wildman–Crippen LogP) is 5.26. The lowest BCUT2D eigenvalue weighted by molar-refractivity contribution is -0.133. The van der Waals surface area contributed by atoms with Gasteiger partial charge in [0.1, 0.15) is 12.3 Å². The molecule has 0 N–H and O–H groups in total. The summed E-state index contributed by atoms with van der Waals surface area (Å²) in [6.07, 6.45) is 0.737. The van der Waals surface area contributed by atoms with Gasteiger partial charge in [0.2, 0.25) is 12.7 Å². The molecule has 1 aliphatic rings. The molecule has 1 aromatic heterocycles. The van der Waals surface area contributed by atoms with E-state index in [1.54, 1.807) is 47.6 Å². The normalized spacial score (nSPS) is 12.8. The van der Waals surface area contributed by atoms with Gasteiger partial charge < -0.3 is 24.0 Å². The first kappa shape index (κ1) is 25.6. The van der Waals surface area contributed by atoms with Crippen LogP contribution >= 0.6 is 11.3 Å². The summed E-state index contributed by atoms with van der Waals surface area (Å²) in [7, 11) is 1.59. The van der Waals surface area contributed by atoms with Crippen LogP contribution in [0.25, 0.3) is 0 Å². The molecule has 0 unspecified atom stereocenters. The highest BCUT2D eigenvalue weighted by Gasteiger charge is 2.27. The van der Waals surface area contributed by atoms with E-state index in [2.05, 4.69) is 6.07 Å². The monoisotopic (exact) mass is 508 g/mol. The van der Waals surface area contributed by atoms with Crippen molar-refractivity contribution in [3.63, 3.8) is 0 Å². The highest BCUT2D eigenvalue weighted by molar-refractivity contribution is 7.10. The van der Waals surface area contributed by atoms with Crippen LogP contribution in [-0.2, 0) is 17.9 Å². The molecule has 2 aromatic carbocycles. The van der Waals surface area contributed by atoms with E-state index in [0.29, 0.717) is 35.9 Å². The molecule has 1 atom stereocenters. The molecule has 36 heavy (non-hydrogen) atoms. The number of hydrogen-bond donors (Lipinski definition) is 0. The minimum absolute atomic E-state index is 0.00512. The first-order chi connectivity index (χ1) is 17.4. The molecule has 190 valence electrons.